The van der Waals surface area contributed by atoms with Crippen molar-refractivity contribution in [2.75, 3.05) is 13.1 Å². The van der Waals surface area contributed by atoms with Gasteiger partial charge >= 0.3 is 0 Å². The molecule has 0 radical (unpaired) electrons. The van der Waals surface area contributed by atoms with Gasteiger partial charge in [-0.05, 0) is 38.0 Å². The molecule has 1 fully saturated rings. The van der Waals surface area contributed by atoms with Crippen molar-refractivity contribution in [1.82, 2.24) is 14.3 Å². The summed E-state index contributed by atoms with van der Waals surface area (Å²) in [5.41, 5.74) is 1.07. The van der Waals surface area contributed by atoms with Crippen LogP contribution < -0.4 is 0 Å². The van der Waals surface area contributed by atoms with Crippen molar-refractivity contribution in [3.05, 3.63) is 58.4 Å². The number of carbonyl (C=O) groups is 2. The van der Waals surface area contributed by atoms with E-state index in [0.717, 1.165) is 28.9 Å². The monoisotopic (exact) mass is 389 g/mol. The molecule has 0 saturated carbocycles. The average Bonchev–Trinajstić information content (AvgIpc) is 3.21. The molecule has 0 bridgehead atoms. The van der Waals surface area contributed by atoms with Gasteiger partial charge in [0.1, 0.15) is 17.3 Å². The third kappa shape index (κ3) is 3.25. The highest BCUT2D eigenvalue weighted by Gasteiger charge is 2.31. The predicted molar refractivity (Wildman–Crippen MR) is 97.1 cm³/mol. The Kier molecular flexibility index (Phi) is 4.51. The summed E-state index contributed by atoms with van der Waals surface area (Å²) in [5.74, 6) is -2.58. The highest BCUT2D eigenvalue weighted by atomic mass is 32.1. The second kappa shape index (κ2) is 6.84. The van der Waals surface area contributed by atoms with Gasteiger partial charge in [0, 0.05) is 30.6 Å². The number of benzene rings is 1. The average molecular weight is 389 g/mol. The summed E-state index contributed by atoms with van der Waals surface area (Å²) < 4.78 is 29.1. The smallest absolute Gasteiger partial charge is 0.271 e. The van der Waals surface area contributed by atoms with Gasteiger partial charge in [0.2, 0.25) is 0 Å². The molecule has 1 aliphatic rings. The number of halogens is 2. The standard InChI is InChI=1S/C19H17F2N3O2S/c1-11-8-24-16(10-27-19(24)22-11)18(26)23-6-2-3-12(9-23)17(25)14-7-13(20)4-5-15(14)21/h4-5,7-8,10,12H,2-3,6,9H2,1H3/t12-/m1/s1. The lowest BCUT2D eigenvalue weighted by Gasteiger charge is -2.32. The van der Waals surface area contributed by atoms with Crippen LogP contribution in [0.1, 0.15) is 39.4 Å². The van der Waals surface area contributed by atoms with Crippen LogP contribution in [0.3, 0.4) is 0 Å². The molecule has 140 valence electrons. The van der Waals surface area contributed by atoms with Crippen molar-refractivity contribution in [2.24, 2.45) is 5.92 Å². The van der Waals surface area contributed by atoms with Crippen LogP contribution in [0.25, 0.3) is 4.96 Å². The largest absolute Gasteiger partial charge is 0.337 e. The minimum absolute atomic E-state index is 0.184. The Hall–Kier alpha value is -2.61. The molecule has 1 saturated heterocycles. The van der Waals surface area contributed by atoms with Crippen LogP contribution in [0, 0.1) is 24.5 Å². The molecule has 1 atom stereocenters. The quantitative estimate of drug-likeness (QED) is 0.642. The van der Waals surface area contributed by atoms with Crippen molar-refractivity contribution in [3.63, 3.8) is 0 Å². The zero-order valence-electron chi connectivity index (χ0n) is 14.6. The summed E-state index contributed by atoms with van der Waals surface area (Å²) >= 11 is 1.38. The van der Waals surface area contributed by atoms with Gasteiger partial charge in [-0.15, -0.1) is 11.3 Å². The fourth-order valence-corrected chi connectivity index (χ4v) is 4.39. The van der Waals surface area contributed by atoms with Gasteiger partial charge in [-0.3, -0.25) is 14.0 Å². The minimum atomic E-state index is -0.738. The zero-order valence-corrected chi connectivity index (χ0v) is 15.4. The van der Waals surface area contributed by atoms with Crippen molar-refractivity contribution in [3.8, 4) is 0 Å². The van der Waals surface area contributed by atoms with Crippen LogP contribution in [0.15, 0.2) is 29.8 Å². The Morgan fingerprint density at radius 3 is 2.93 bits per heavy atom. The highest BCUT2D eigenvalue weighted by Crippen LogP contribution is 2.25. The van der Waals surface area contributed by atoms with E-state index in [2.05, 4.69) is 4.98 Å². The summed E-state index contributed by atoms with van der Waals surface area (Å²) in [6.45, 7) is 2.58. The molecule has 27 heavy (non-hydrogen) atoms. The van der Waals surface area contributed by atoms with Gasteiger partial charge < -0.3 is 4.90 Å². The van der Waals surface area contributed by atoms with E-state index < -0.39 is 23.3 Å². The van der Waals surface area contributed by atoms with Crippen LogP contribution >= 0.6 is 11.3 Å². The number of carbonyl (C=O) groups excluding carboxylic acids is 2. The highest BCUT2D eigenvalue weighted by molar-refractivity contribution is 7.15. The van der Waals surface area contributed by atoms with Crippen molar-refractivity contribution in [1.29, 1.82) is 0 Å². The number of aryl methyl sites for hydroxylation is 1. The molecule has 3 heterocycles. The summed E-state index contributed by atoms with van der Waals surface area (Å²) in [6.07, 6.45) is 2.98. The number of piperidine rings is 1. The second-order valence-electron chi connectivity index (χ2n) is 6.73. The molecular formula is C19H17F2N3O2S. The van der Waals surface area contributed by atoms with Gasteiger partial charge in [-0.25, -0.2) is 13.8 Å². The lowest BCUT2D eigenvalue weighted by molar-refractivity contribution is 0.0630. The Bertz CT molecular complexity index is 1040. The molecule has 5 nitrogen and oxygen atoms in total. The Labute approximate surface area is 158 Å². The first-order valence-electron chi connectivity index (χ1n) is 8.66. The number of rotatable bonds is 3. The fourth-order valence-electron chi connectivity index (χ4n) is 3.49. The lowest BCUT2D eigenvalue weighted by atomic mass is 9.89. The number of amides is 1. The number of ketones is 1. The Balaban J connectivity index is 1.56. The summed E-state index contributed by atoms with van der Waals surface area (Å²) in [6, 6.07) is 2.87. The SMILES string of the molecule is Cc1cn2c(C(=O)N3CCC[C@@H](C(=O)c4cc(F)ccc4F)C3)csc2n1. The number of nitrogens with zero attached hydrogens (tertiary/aromatic N) is 3. The number of hydrogen-bond donors (Lipinski definition) is 0. The van der Waals surface area contributed by atoms with E-state index in [9.17, 15) is 18.4 Å². The molecule has 2 aromatic heterocycles. The summed E-state index contributed by atoms with van der Waals surface area (Å²) in [4.78, 5) is 32.3. The van der Waals surface area contributed by atoms with E-state index in [-0.39, 0.29) is 18.0 Å². The lowest BCUT2D eigenvalue weighted by Crippen LogP contribution is -2.42. The molecule has 0 aliphatic carbocycles. The van der Waals surface area contributed by atoms with Crippen molar-refractivity contribution >= 4 is 28.0 Å². The molecule has 3 aromatic rings. The van der Waals surface area contributed by atoms with Crippen LogP contribution in [-0.4, -0.2) is 39.1 Å². The summed E-state index contributed by atoms with van der Waals surface area (Å²) in [7, 11) is 0. The molecule has 1 aromatic carbocycles. The number of hydrogen-bond acceptors (Lipinski definition) is 4. The van der Waals surface area contributed by atoms with Crippen LogP contribution in [0.4, 0.5) is 8.78 Å². The fraction of sp³-hybridized carbons (Fsp3) is 0.316. The third-order valence-corrected chi connectivity index (χ3v) is 5.66. The number of imidazole rings is 1. The Morgan fingerprint density at radius 2 is 2.11 bits per heavy atom. The third-order valence-electron chi connectivity index (χ3n) is 4.82. The summed E-state index contributed by atoms with van der Waals surface area (Å²) in [5, 5.41) is 1.75. The van der Waals surface area contributed by atoms with Crippen LogP contribution in [-0.2, 0) is 0 Å². The van der Waals surface area contributed by atoms with E-state index in [4.69, 9.17) is 0 Å². The topological polar surface area (TPSA) is 54.7 Å². The van der Waals surface area contributed by atoms with E-state index in [1.165, 1.54) is 11.3 Å². The van der Waals surface area contributed by atoms with Crippen molar-refractivity contribution < 1.29 is 18.4 Å². The maximum Gasteiger partial charge on any atom is 0.271 e. The Morgan fingerprint density at radius 1 is 1.30 bits per heavy atom. The molecule has 4 rings (SSSR count). The molecule has 0 spiro atoms. The van der Waals surface area contributed by atoms with Gasteiger partial charge in [0.15, 0.2) is 10.7 Å². The van der Waals surface area contributed by atoms with E-state index in [1.807, 2.05) is 6.92 Å². The van der Waals surface area contributed by atoms with Gasteiger partial charge in [-0.2, -0.15) is 0 Å². The zero-order chi connectivity index (χ0) is 19.1. The maximum atomic E-state index is 14.0. The van der Waals surface area contributed by atoms with Gasteiger partial charge in [0.25, 0.3) is 5.91 Å². The molecule has 8 heteroatoms. The number of thiazole rings is 1. The van der Waals surface area contributed by atoms with E-state index in [1.54, 1.807) is 20.9 Å². The number of aromatic nitrogens is 2. The van der Waals surface area contributed by atoms with Crippen LogP contribution in [0.2, 0.25) is 0 Å². The van der Waals surface area contributed by atoms with E-state index in [0.29, 0.717) is 25.1 Å². The van der Waals surface area contributed by atoms with Crippen molar-refractivity contribution in [2.45, 2.75) is 19.8 Å². The van der Waals surface area contributed by atoms with E-state index >= 15 is 0 Å². The number of fused-ring (bicyclic) bond motifs is 1. The first-order chi connectivity index (χ1) is 12.9. The van der Waals surface area contributed by atoms with Gasteiger partial charge in [-0.1, -0.05) is 0 Å². The molecule has 0 N–H and O–H groups in total. The maximum absolute atomic E-state index is 14.0. The molecule has 1 aliphatic heterocycles. The molecule has 0 unspecified atom stereocenters. The molecule has 1 amide bonds. The number of likely N-dealkylation sites (tertiary alicyclic amines) is 1. The minimum Gasteiger partial charge on any atom is -0.337 e. The first-order valence-corrected chi connectivity index (χ1v) is 9.53. The van der Waals surface area contributed by atoms with Crippen LogP contribution in [0.5, 0.6) is 0 Å². The first kappa shape index (κ1) is 17.8. The predicted octanol–water partition coefficient (Wildman–Crippen LogP) is 3.72. The van der Waals surface area contributed by atoms with Gasteiger partial charge in [0.05, 0.1) is 11.3 Å². The molecular weight excluding hydrogens is 372 g/mol. The normalized spacial score (nSPS) is 17.4. The number of Topliss-reactive ketones (excluding diaryl/α,β-unsaturated/α-hetero) is 1. The second-order valence-corrected chi connectivity index (χ2v) is 7.57.